The first kappa shape index (κ1) is 13.9. The molecular weight excluding hydrogens is 274 g/mol. The summed E-state index contributed by atoms with van der Waals surface area (Å²) in [5, 5.41) is 2.88. The lowest BCUT2D eigenvalue weighted by Gasteiger charge is -2.09. The molecule has 0 fully saturated rings. The summed E-state index contributed by atoms with van der Waals surface area (Å²) >= 11 is 0. The second-order valence-corrected chi connectivity index (χ2v) is 4.97. The van der Waals surface area contributed by atoms with E-state index in [1.807, 2.05) is 61.5 Å². The minimum absolute atomic E-state index is 0.219. The van der Waals surface area contributed by atoms with Gasteiger partial charge in [0, 0.05) is 17.4 Å². The van der Waals surface area contributed by atoms with Gasteiger partial charge < -0.3 is 5.32 Å². The van der Waals surface area contributed by atoms with Crippen LogP contribution in [0.2, 0.25) is 0 Å². The molecule has 0 spiro atoms. The van der Waals surface area contributed by atoms with Crippen LogP contribution in [0.5, 0.6) is 0 Å². The van der Waals surface area contributed by atoms with Crippen molar-refractivity contribution < 1.29 is 4.79 Å². The molecular formula is C18H15N3O. The summed E-state index contributed by atoms with van der Waals surface area (Å²) in [7, 11) is 0. The first-order chi connectivity index (χ1) is 10.7. The topological polar surface area (TPSA) is 54.9 Å². The molecule has 1 heterocycles. The van der Waals surface area contributed by atoms with E-state index < -0.39 is 0 Å². The van der Waals surface area contributed by atoms with Crippen molar-refractivity contribution in [3.63, 3.8) is 0 Å². The van der Waals surface area contributed by atoms with E-state index in [0.717, 1.165) is 16.8 Å². The molecule has 1 aromatic heterocycles. The van der Waals surface area contributed by atoms with Crippen molar-refractivity contribution in [1.29, 1.82) is 0 Å². The Morgan fingerprint density at radius 3 is 2.45 bits per heavy atom. The van der Waals surface area contributed by atoms with Gasteiger partial charge in [0.1, 0.15) is 6.33 Å². The molecule has 3 aromatic rings. The van der Waals surface area contributed by atoms with E-state index in [0.29, 0.717) is 11.3 Å². The SMILES string of the molecule is Cc1ccc(NC(=O)c2cncnc2-c2ccccc2)cc1. The highest BCUT2D eigenvalue weighted by Gasteiger charge is 2.14. The van der Waals surface area contributed by atoms with E-state index in [-0.39, 0.29) is 5.91 Å². The Morgan fingerprint density at radius 2 is 1.73 bits per heavy atom. The smallest absolute Gasteiger partial charge is 0.259 e. The maximum atomic E-state index is 12.5. The minimum Gasteiger partial charge on any atom is -0.322 e. The highest BCUT2D eigenvalue weighted by atomic mass is 16.1. The third-order valence-electron chi connectivity index (χ3n) is 3.31. The van der Waals surface area contributed by atoms with Crippen LogP contribution in [0, 0.1) is 6.92 Å². The van der Waals surface area contributed by atoms with Gasteiger partial charge in [0.15, 0.2) is 0 Å². The number of anilines is 1. The number of carbonyl (C=O) groups is 1. The van der Waals surface area contributed by atoms with E-state index in [4.69, 9.17) is 0 Å². The average Bonchev–Trinajstić information content (AvgIpc) is 2.58. The van der Waals surface area contributed by atoms with Crippen molar-refractivity contribution in [3.8, 4) is 11.3 Å². The summed E-state index contributed by atoms with van der Waals surface area (Å²) in [5.41, 5.74) is 3.86. The number of aromatic nitrogens is 2. The van der Waals surface area contributed by atoms with Crippen LogP contribution in [0.25, 0.3) is 11.3 Å². The number of aryl methyl sites for hydroxylation is 1. The van der Waals surface area contributed by atoms with Crippen molar-refractivity contribution in [1.82, 2.24) is 9.97 Å². The molecule has 4 heteroatoms. The van der Waals surface area contributed by atoms with Gasteiger partial charge in [-0.15, -0.1) is 0 Å². The Hall–Kier alpha value is -3.01. The summed E-state index contributed by atoms with van der Waals surface area (Å²) in [4.78, 5) is 20.7. The Labute approximate surface area is 128 Å². The Morgan fingerprint density at radius 1 is 1.00 bits per heavy atom. The fourth-order valence-corrected chi connectivity index (χ4v) is 2.16. The summed E-state index contributed by atoms with van der Waals surface area (Å²) in [5.74, 6) is -0.219. The lowest BCUT2D eigenvalue weighted by Crippen LogP contribution is -2.14. The zero-order chi connectivity index (χ0) is 15.4. The second kappa shape index (κ2) is 6.18. The normalized spacial score (nSPS) is 10.2. The van der Waals surface area contributed by atoms with Gasteiger partial charge in [-0.25, -0.2) is 9.97 Å². The first-order valence-corrected chi connectivity index (χ1v) is 6.97. The van der Waals surface area contributed by atoms with Crippen molar-refractivity contribution in [2.24, 2.45) is 0 Å². The summed E-state index contributed by atoms with van der Waals surface area (Å²) in [6.07, 6.45) is 2.99. The fraction of sp³-hybridized carbons (Fsp3) is 0.0556. The third-order valence-corrected chi connectivity index (χ3v) is 3.31. The summed E-state index contributed by atoms with van der Waals surface area (Å²) < 4.78 is 0. The molecule has 0 saturated carbocycles. The molecule has 1 N–H and O–H groups in total. The van der Waals surface area contributed by atoms with Crippen molar-refractivity contribution >= 4 is 11.6 Å². The molecule has 0 aliphatic rings. The number of benzene rings is 2. The van der Waals surface area contributed by atoms with Gasteiger partial charge in [0.2, 0.25) is 0 Å². The Bertz CT molecular complexity index is 783. The van der Waals surface area contributed by atoms with E-state index in [1.165, 1.54) is 6.33 Å². The molecule has 0 unspecified atom stereocenters. The molecule has 1 amide bonds. The van der Waals surface area contributed by atoms with Gasteiger partial charge in [-0.2, -0.15) is 0 Å². The fourth-order valence-electron chi connectivity index (χ4n) is 2.16. The Kier molecular flexibility index (Phi) is 3.92. The number of carbonyl (C=O) groups excluding carboxylic acids is 1. The van der Waals surface area contributed by atoms with Gasteiger partial charge >= 0.3 is 0 Å². The van der Waals surface area contributed by atoms with Crippen LogP contribution < -0.4 is 5.32 Å². The number of hydrogen-bond acceptors (Lipinski definition) is 3. The molecule has 0 radical (unpaired) electrons. The van der Waals surface area contributed by atoms with Crippen LogP contribution in [0.4, 0.5) is 5.69 Å². The van der Waals surface area contributed by atoms with Crippen LogP contribution in [-0.2, 0) is 0 Å². The minimum atomic E-state index is -0.219. The highest BCUT2D eigenvalue weighted by Crippen LogP contribution is 2.21. The van der Waals surface area contributed by atoms with Gasteiger partial charge in [0.05, 0.1) is 11.3 Å². The van der Waals surface area contributed by atoms with Gasteiger partial charge in [-0.3, -0.25) is 4.79 Å². The number of nitrogens with zero attached hydrogens (tertiary/aromatic N) is 2. The molecule has 2 aromatic carbocycles. The zero-order valence-corrected chi connectivity index (χ0v) is 12.2. The molecule has 0 aliphatic heterocycles. The number of amides is 1. The zero-order valence-electron chi connectivity index (χ0n) is 12.2. The predicted octanol–water partition coefficient (Wildman–Crippen LogP) is 3.70. The van der Waals surface area contributed by atoms with Crippen molar-refractivity contribution in [2.75, 3.05) is 5.32 Å². The highest BCUT2D eigenvalue weighted by molar-refractivity contribution is 6.07. The second-order valence-electron chi connectivity index (χ2n) is 4.97. The van der Waals surface area contributed by atoms with E-state index in [1.54, 1.807) is 6.20 Å². The lowest BCUT2D eigenvalue weighted by atomic mass is 10.1. The molecule has 0 saturated heterocycles. The molecule has 4 nitrogen and oxygen atoms in total. The standard InChI is InChI=1S/C18H15N3O/c1-13-7-9-15(10-8-13)21-18(22)16-11-19-12-20-17(16)14-5-3-2-4-6-14/h2-12H,1H3,(H,21,22). The van der Waals surface area contributed by atoms with Crippen molar-refractivity contribution in [2.45, 2.75) is 6.92 Å². The molecule has 0 aliphatic carbocycles. The monoisotopic (exact) mass is 289 g/mol. The Balaban J connectivity index is 1.91. The number of nitrogens with one attached hydrogen (secondary N) is 1. The van der Waals surface area contributed by atoms with Crippen molar-refractivity contribution in [3.05, 3.63) is 78.2 Å². The van der Waals surface area contributed by atoms with E-state index in [9.17, 15) is 4.79 Å². The van der Waals surface area contributed by atoms with Gasteiger partial charge in [-0.05, 0) is 19.1 Å². The first-order valence-electron chi connectivity index (χ1n) is 6.97. The van der Waals surface area contributed by atoms with E-state index >= 15 is 0 Å². The lowest BCUT2D eigenvalue weighted by molar-refractivity contribution is 0.102. The summed E-state index contributed by atoms with van der Waals surface area (Å²) in [6, 6.07) is 17.3. The number of hydrogen-bond donors (Lipinski definition) is 1. The molecule has 0 atom stereocenters. The van der Waals surface area contributed by atoms with Crippen LogP contribution >= 0.6 is 0 Å². The van der Waals surface area contributed by atoms with Crippen LogP contribution in [0.3, 0.4) is 0 Å². The van der Waals surface area contributed by atoms with Crippen LogP contribution in [0.1, 0.15) is 15.9 Å². The molecule has 3 rings (SSSR count). The van der Waals surface area contributed by atoms with Crippen LogP contribution in [-0.4, -0.2) is 15.9 Å². The quantitative estimate of drug-likeness (QED) is 0.799. The maximum absolute atomic E-state index is 12.5. The van der Waals surface area contributed by atoms with Gasteiger partial charge in [0.25, 0.3) is 5.91 Å². The summed E-state index contributed by atoms with van der Waals surface area (Å²) in [6.45, 7) is 2.00. The largest absolute Gasteiger partial charge is 0.322 e. The molecule has 108 valence electrons. The number of rotatable bonds is 3. The predicted molar refractivity (Wildman–Crippen MR) is 86.6 cm³/mol. The average molecular weight is 289 g/mol. The van der Waals surface area contributed by atoms with Crippen LogP contribution in [0.15, 0.2) is 67.1 Å². The van der Waals surface area contributed by atoms with E-state index in [2.05, 4.69) is 15.3 Å². The third kappa shape index (κ3) is 3.01. The maximum Gasteiger partial charge on any atom is 0.259 e. The van der Waals surface area contributed by atoms with Gasteiger partial charge in [-0.1, -0.05) is 48.0 Å². The molecule has 0 bridgehead atoms. The molecule has 22 heavy (non-hydrogen) atoms.